The first kappa shape index (κ1) is 15.5. The number of nitrogens with one attached hydrogen (secondary N) is 1. The van der Waals surface area contributed by atoms with Gasteiger partial charge in [0.25, 0.3) is 0 Å². The van der Waals surface area contributed by atoms with Crippen LogP contribution < -0.4 is 5.32 Å². The molecular weight excluding hydrogens is 250 g/mol. The molecule has 19 heavy (non-hydrogen) atoms. The fourth-order valence-corrected chi connectivity index (χ4v) is 2.45. The van der Waals surface area contributed by atoms with E-state index in [1.54, 1.807) is 13.8 Å². The molecule has 1 amide bonds. The normalized spacial score (nSPS) is 24.0. The number of carboxylic acids is 1. The van der Waals surface area contributed by atoms with Crippen LogP contribution in [-0.2, 0) is 19.1 Å². The van der Waals surface area contributed by atoms with E-state index < -0.39 is 29.8 Å². The van der Waals surface area contributed by atoms with Crippen LogP contribution >= 0.6 is 0 Å². The number of hydrogen-bond donors (Lipinski definition) is 2. The summed E-state index contributed by atoms with van der Waals surface area (Å²) in [6.45, 7) is 3.59. The molecule has 3 atom stereocenters. The van der Waals surface area contributed by atoms with Crippen molar-refractivity contribution in [1.82, 2.24) is 5.32 Å². The fourth-order valence-electron chi connectivity index (χ4n) is 2.45. The van der Waals surface area contributed by atoms with Crippen molar-refractivity contribution in [3.63, 3.8) is 0 Å². The Bertz CT molecular complexity index is 366. The number of carbonyl (C=O) groups excluding carboxylic acids is 2. The van der Waals surface area contributed by atoms with Crippen molar-refractivity contribution >= 4 is 17.8 Å². The van der Waals surface area contributed by atoms with Crippen LogP contribution in [0.1, 0.15) is 33.1 Å². The van der Waals surface area contributed by atoms with Crippen LogP contribution in [0, 0.1) is 17.8 Å². The SMILES string of the molecule is COC(=O)[C@@H](NC(=O)[C@@H]1CCC[C@@H]1C(=O)O)C(C)C. The highest BCUT2D eigenvalue weighted by Crippen LogP contribution is 2.32. The molecule has 2 N–H and O–H groups in total. The highest BCUT2D eigenvalue weighted by atomic mass is 16.5. The standard InChI is InChI=1S/C13H21NO5/c1-7(2)10(13(18)19-3)14-11(15)8-5-4-6-9(8)12(16)17/h7-10H,4-6H2,1-3H3,(H,14,15)(H,16,17)/t8-,9+,10+/m1/s1. The molecule has 1 saturated carbocycles. The lowest BCUT2D eigenvalue weighted by atomic mass is 9.94. The van der Waals surface area contributed by atoms with Crippen LogP contribution in [-0.4, -0.2) is 36.1 Å². The molecule has 108 valence electrons. The van der Waals surface area contributed by atoms with E-state index in [4.69, 9.17) is 5.11 Å². The van der Waals surface area contributed by atoms with E-state index in [1.807, 2.05) is 0 Å². The summed E-state index contributed by atoms with van der Waals surface area (Å²) in [5, 5.41) is 11.7. The van der Waals surface area contributed by atoms with Gasteiger partial charge in [-0.2, -0.15) is 0 Å². The third kappa shape index (κ3) is 3.68. The average molecular weight is 271 g/mol. The Morgan fingerprint density at radius 3 is 2.26 bits per heavy atom. The number of esters is 1. The monoisotopic (exact) mass is 271 g/mol. The number of ether oxygens (including phenoxy) is 1. The zero-order valence-electron chi connectivity index (χ0n) is 11.5. The van der Waals surface area contributed by atoms with Gasteiger partial charge >= 0.3 is 11.9 Å². The Morgan fingerprint density at radius 2 is 1.79 bits per heavy atom. The van der Waals surface area contributed by atoms with E-state index in [0.717, 1.165) is 6.42 Å². The third-order valence-corrected chi connectivity index (χ3v) is 3.59. The number of hydrogen-bond acceptors (Lipinski definition) is 4. The highest BCUT2D eigenvalue weighted by Gasteiger charge is 2.39. The van der Waals surface area contributed by atoms with Crippen LogP contribution in [0.2, 0.25) is 0 Å². The largest absolute Gasteiger partial charge is 0.481 e. The second-order valence-electron chi connectivity index (χ2n) is 5.24. The molecule has 0 radical (unpaired) electrons. The van der Waals surface area contributed by atoms with Crippen LogP contribution in [0.4, 0.5) is 0 Å². The molecule has 0 aromatic rings. The van der Waals surface area contributed by atoms with Crippen molar-refractivity contribution in [2.75, 3.05) is 7.11 Å². The number of aliphatic carboxylic acids is 1. The molecule has 0 heterocycles. The lowest BCUT2D eigenvalue weighted by Crippen LogP contribution is -2.48. The summed E-state index contributed by atoms with van der Waals surface area (Å²) >= 11 is 0. The summed E-state index contributed by atoms with van der Waals surface area (Å²) in [4.78, 5) is 34.7. The fraction of sp³-hybridized carbons (Fsp3) is 0.769. The number of amides is 1. The first-order chi connectivity index (χ1) is 8.88. The minimum absolute atomic E-state index is 0.110. The molecule has 0 spiro atoms. The minimum Gasteiger partial charge on any atom is -0.481 e. The van der Waals surface area contributed by atoms with E-state index in [2.05, 4.69) is 10.1 Å². The Hall–Kier alpha value is -1.59. The summed E-state index contributed by atoms with van der Waals surface area (Å²) in [6.07, 6.45) is 1.78. The lowest BCUT2D eigenvalue weighted by Gasteiger charge is -2.23. The van der Waals surface area contributed by atoms with Gasteiger partial charge < -0.3 is 15.2 Å². The van der Waals surface area contributed by atoms with E-state index in [-0.39, 0.29) is 11.8 Å². The summed E-state index contributed by atoms with van der Waals surface area (Å²) in [6, 6.07) is -0.729. The van der Waals surface area contributed by atoms with Gasteiger partial charge in [-0.3, -0.25) is 9.59 Å². The molecule has 1 aliphatic carbocycles. The van der Waals surface area contributed by atoms with Gasteiger partial charge in [0.15, 0.2) is 0 Å². The molecule has 6 heteroatoms. The molecule has 1 rings (SSSR count). The van der Waals surface area contributed by atoms with E-state index in [0.29, 0.717) is 12.8 Å². The molecular formula is C13H21NO5. The molecule has 0 aliphatic heterocycles. The summed E-state index contributed by atoms with van der Waals surface area (Å²) in [7, 11) is 1.26. The van der Waals surface area contributed by atoms with Crippen molar-refractivity contribution in [3.05, 3.63) is 0 Å². The zero-order chi connectivity index (χ0) is 14.6. The van der Waals surface area contributed by atoms with Crippen LogP contribution in [0.3, 0.4) is 0 Å². The first-order valence-electron chi connectivity index (χ1n) is 6.49. The molecule has 0 saturated heterocycles. The maximum atomic E-state index is 12.1. The maximum Gasteiger partial charge on any atom is 0.328 e. The highest BCUT2D eigenvalue weighted by molar-refractivity contribution is 5.89. The van der Waals surface area contributed by atoms with Crippen molar-refractivity contribution < 1.29 is 24.2 Å². The van der Waals surface area contributed by atoms with Crippen molar-refractivity contribution in [1.29, 1.82) is 0 Å². The third-order valence-electron chi connectivity index (χ3n) is 3.59. The number of carbonyl (C=O) groups is 3. The predicted molar refractivity (Wildman–Crippen MR) is 67.3 cm³/mol. The first-order valence-corrected chi connectivity index (χ1v) is 6.49. The summed E-state index contributed by atoms with van der Waals surface area (Å²) < 4.78 is 4.64. The predicted octanol–water partition coefficient (Wildman–Crippen LogP) is 0.801. The second kappa shape index (κ2) is 6.54. The smallest absolute Gasteiger partial charge is 0.328 e. The molecule has 0 aromatic carbocycles. The number of carboxylic acid groups (broad SMARTS) is 1. The molecule has 1 aliphatic rings. The zero-order valence-corrected chi connectivity index (χ0v) is 11.5. The Labute approximate surface area is 112 Å². The minimum atomic E-state index is -0.947. The van der Waals surface area contributed by atoms with Crippen molar-refractivity contribution in [2.24, 2.45) is 17.8 Å². The molecule has 1 fully saturated rings. The average Bonchev–Trinajstić information content (AvgIpc) is 2.83. The summed E-state index contributed by atoms with van der Waals surface area (Å²) in [5.74, 6) is -3.13. The summed E-state index contributed by atoms with van der Waals surface area (Å²) in [5.41, 5.74) is 0. The van der Waals surface area contributed by atoms with Gasteiger partial charge in [0, 0.05) is 0 Å². The van der Waals surface area contributed by atoms with Gasteiger partial charge in [-0.25, -0.2) is 4.79 Å². The van der Waals surface area contributed by atoms with Gasteiger partial charge in [-0.05, 0) is 18.8 Å². The number of methoxy groups -OCH3 is 1. The topological polar surface area (TPSA) is 92.7 Å². The second-order valence-corrected chi connectivity index (χ2v) is 5.24. The van der Waals surface area contributed by atoms with Gasteiger partial charge in [-0.15, -0.1) is 0 Å². The van der Waals surface area contributed by atoms with Crippen LogP contribution in [0.25, 0.3) is 0 Å². The van der Waals surface area contributed by atoms with Crippen LogP contribution in [0.15, 0.2) is 0 Å². The van der Waals surface area contributed by atoms with E-state index in [9.17, 15) is 14.4 Å². The van der Waals surface area contributed by atoms with Crippen molar-refractivity contribution in [3.8, 4) is 0 Å². The molecule has 0 aromatic heterocycles. The Kier molecular flexibility index (Phi) is 5.32. The van der Waals surface area contributed by atoms with Gasteiger partial charge in [0.2, 0.25) is 5.91 Å². The van der Waals surface area contributed by atoms with E-state index in [1.165, 1.54) is 7.11 Å². The van der Waals surface area contributed by atoms with Gasteiger partial charge in [0.05, 0.1) is 18.9 Å². The van der Waals surface area contributed by atoms with Gasteiger partial charge in [-0.1, -0.05) is 20.3 Å². The molecule has 6 nitrogen and oxygen atoms in total. The van der Waals surface area contributed by atoms with Crippen molar-refractivity contribution in [2.45, 2.75) is 39.2 Å². The quantitative estimate of drug-likeness (QED) is 0.721. The Balaban J connectivity index is 2.71. The number of rotatable bonds is 5. The Morgan fingerprint density at radius 1 is 1.21 bits per heavy atom. The molecule has 0 unspecified atom stereocenters. The maximum absolute atomic E-state index is 12.1. The van der Waals surface area contributed by atoms with Crippen LogP contribution in [0.5, 0.6) is 0 Å². The molecule has 0 bridgehead atoms. The lowest BCUT2D eigenvalue weighted by molar-refractivity contribution is -0.149. The van der Waals surface area contributed by atoms with E-state index >= 15 is 0 Å². The van der Waals surface area contributed by atoms with Gasteiger partial charge in [0.1, 0.15) is 6.04 Å².